The number of nitrogens with two attached hydrogens (primary N) is 1. The summed E-state index contributed by atoms with van der Waals surface area (Å²) in [5, 5.41) is 7.01. The molecule has 1 aliphatic carbocycles. The van der Waals surface area contributed by atoms with Crippen LogP contribution >= 0.6 is 11.3 Å². The van der Waals surface area contributed by atoms with Gasteiger partial charge in [-0.2, -0.15) is 0 Å². The molecule has 0 spiro atoms. The number of amides is 1. The second-order valence-corrected chi connectivity index (χ2v) is 6.64. The summed E-state index contributed by atoms with van der Waals surface area (Å²) in [6, 6.07) is 0.561. The van der Waals surface area contributed by atoms with E-state index in [2.05, 4.69) is 15.6 Å². The molecule has 20 heavy (non-hydrogen) atoms. The number of hydrogen-bond donors (Lipinski definition) is 3. The molecule has 1 aliphatic rings. The summed E-state index contributed by atoms with van der Waals surface area (Å²) in [6.07, 6.45) is 3.59. The van der Waals surface area contributed by atoms with Gasteiger partial charge in [0.25, 0.3) is 5.91 Å². The van der Waals surface area contributed by atoms with Gasteiger partial charge in [-0.05, 0) is 40.3 Å². The van der Waals surface area contributed by atoms with E-state index in [-0.39, 0.29) is 11.9 Å². The number of aromatic nitrogens is 1. The lowest BCUT2D eigenvalue weighted by Crippen LogP contribution is -2.39. The number of nitrogen functional groups attached to an aromatic ring is 1. The summed E-state index contributed by atoms with van der Waals surface area (Å²) in [4.78, 5) is 18.9. The summed E-state index contributed by atoms with van der Waals surface area (Å²) in [7, 11) is 3.95. The average Bonchev–Trinajstić information content (AvgIpc) is 2.64. The SMILES string of the molecule is CC(CN(C)C)NC(=O)c1sc(NC2CCC2)nc1N. The molecule has 7 heteroatoms. The van der Waals surface area contributed by atoms with Crippen molar-refractivity contribution in [1.29, 1.82) is 0 Å². The van der Waals surface area contributed by atoms with Crippen molar-refractivity contribution < 1.29 is 4.79 Å². The van der Waals surface area contributed by atoms with E-state index >= 15 is 0 Å². The summed E-state index contributed by atoms with van der Waals surface area (Å²) >= 11 is 1.33. The van der Waals surface area contributed by atoms with E-state index in [9.17, 15) is 4.79 Å². The molecule has 1 unspecified atom stereocenters. The van der Waals surface area contributed by atoms with Crippen molar-refractivity contribution in [3.8, 4) is 0 Å². The Morgan fingerprint density at radius 3 is 2.80 bits per heavy atom. The fraction of sp³-hybridized carbons (Fsp3) is 0.692. The fourth-order valence-electron chi connectivity index (χ4n) is 2.17. The average molecular weight is 297 g/mol. The lowest BCUT2D eigenvalue weighted by Gasteiger charge is -2.25. The molecule has 6 nitrogen and oxygen atoms in total. The van der Waals surface area contributed by atoms with Crippen LogP contribution in [0.1, 0.15) is 35.9 Å². The Morgan fingerprint density at radius 2 is 2.25 bits per heavy atom. The molecule has 1 saturated carbocycles. The molecule has 1 fully saturated rings. The maximum absolute atomic E-state index is 12.2. The first-order chi connectivity index (χ1) is 9.45. The van der Waals surface area contributed by atoms with Crippen molar-refractivity contribution in [3.05, 3.63) is 4.88 Å². The second-order valence-electron chi connectivity index (χ2n) is 5.64. The molecule has 0 aliphatic heterocycles. The van der Waals surface area contributed by atoms with E-state index in [1.54, 1.807) is 0 Å². The molecule has 1 heterocycles. The van der Waals surface area contributed by atoms with E-state index in [1.165, 1.54) is 30.6 Å². The van der Waals surface area contributed by atoms with E-state index in [0.717, 1.165) is 11.7 Å². The predicted octanol–water partition coefficient (Wildman–Crippen LogP) is 1.37. The van der Waals surface area contributed by atoms with E-state index in [4.69, 9.17) is 5.73 Å². The Balaban J connectivity index is 1.94. The monoisotopic (exact) mass is 297 g/mol. The third-order valence-electron chi connectivity index (χ3n) is 3.31. The number of nitrogens with zero attached hydrogens (tertiary/aromatic N) is 2. The first-order valence-electron chi connectivity index (χ1n) is 6.94. The van der Waals surface area contributed by atoms with Crippen LogP contribution in [0.5, 0.6) is 0 Å². The van der Waals surface area contributed by atoms with Crippen molar-refractivity contribution >= 4 is 28.2 Å². The van der Waals surface area contributed by atoms with Gasteiger partial charge >= 0.3 is 0 Å². The van der Waals surface area contributed by atoms with Crippen LogP contribution in [0.25, 0.3) is 0 Å². The minimum Gasteiger partial charge on any atom is -0.382 e. The summed E-state index contributed by atoms with van der Waals surface area (Å²) in [5.41, 5.74) is 5.84. The zero-order chi connectivity index (χ0) is 14.7. The zero-order valence-corrected chi connectivity index (χ0v) is 13.1. The Labute approximate surface area is 123 Å². The number of likely N-dealkylation sites (N-methyl/N-ethyl adjacent to an activating group) is 1. The molecule has 1 aromatic heterocycles. The van der Waals surface area contributed by atoms with Crippen LogP contribution in [0.15, 0.2) is 0 Å². The third-order valence-corrected chi connectivity index (χ3v) is 4.31. The summed E-state index contributed by atoms with van der Waals surface area (Å²) in [5.74, 6) is 0.169. The number of thiazole rings is 1. The Bertz CT molecular complexity index is 469. The van der Waals surface area contributed by atoms with Gasteiger partial charge in [0.1, 0.15) is 10.7 Å². The van der Waals surface area contributed by atoms with Crippen molar-refractivity contribution in [1.82, 2.24) is 15.2 Å². The van der Waals surface area contributed by atoms with Crippen LogP contribution in [0.3, 0.4) is 0 Å². The zero-order valence-electron chi connectivity index (χ0n) is 12.3. The minimum absolute atomic E-state index is 0.0713. The van der Waals surface area contributed by atoms with Gasteiger partial charge in [-0.1, -0.05) is 11.3 Å². The quantitative estimate of drug-likeness (QED) is 0.738. The van der Waals surface area contributed by atoms with Crippen molar-refractivity contribution in [2.24, 2.45) is 0 Å². The van der Waals surface area contributed by atoms with Crippen molar-refractivity contribution in [2.45, 2.75) is 38.3 Å². The molecule has 2 rings (SSSR count). The maximum atomic E-state index is 12.2. The van der Waals surface area contributed by atoms with Gasteiger partial charge in [-0.15, -0.1) is 0 Å². The normalized spacial score (nSPS) is 16.8. The minimum atomic E-state index is -0.143. The van der Waals surface area contributed by atoms with Gasteiger partial charge in [0.15, 0.2) is 5.13 Å². The summed E-state index contributed by atoms with van der Waals surface area (Å²) < 4.78 is 0. The van der Waals surface area contributed by atoms with Gasteiger partial charge in [-0.25, -0.2) is 4.98 Å². The first-order valence-corrected chi connectivity index (χ1v) is 7.75. The van der Waals surface area contributed by atoms with Crippen LogP contribution in [0.2, 0.25) is 0 Å². The first kappa shape index (κ1) is 15.1. The predicted molar refractivity (Wildman–Crippen MR) is 83.3 cm³/mol. The molecule has 1 atom stereocenters. The van der Waals surface area contributed by atoms with Crippen LogP contribution in [-0.2, 0) is 0 Å². The number of carbonyl (C=O) groups is 1. The van der Waals surface area contributed by atoms with Crippen molar-refractivity contribution in [2.75, 3.05) is 31.7 Å². The fourth-order valence-corrected chi connectivity index (χ4v) is 3.03. The molecular formula is C13H23N5OS. The van der Waals surface area contributed by atoms with Crippen LogP contribution in [-0.4, -0.2) is 48.5 Å². The molecule has 4 N–H and O–H groups in total. The molecule has 0 saturated heterocycles. The van der Waals surface area contributed by atoms with E-state index in [1.807, 2.05) is 25.9 Å². The van der Waals surface area contributed by atoms with Crippen LogP contribution in [0, 0.1) is 0 Å². The van der Waals surface area contributed by atoms with Crippen molar-refractivity contribution in [3.63, 3.8) is 0 Å². The lowest BCUT2D eigenvalue weighted by molar-refractivity contribution is 0.0939. The molecule has 112 valence electrons. The molecule has 0 bridgehead atoms. The maximum Gasteiger partial charge on any atom is 0.265 e. The van der Waals surface area contributed by atoms with E-state index < -0.39 is 0 Å². The number of anilines is 2. The summed E-state index contributed by atoms with van der Waals surface area (Å²) in [6.45, 7) is 2.76. The Hall–Kier alpha value is -1.34. The number of hydrogen-bond acceptors (Lipinski definition) is 6. The largest absolute Gasteiger partial charge is 0.382 e. The number of carbonyl (C=O) groups excluding carboxylic acids is 1. The standard InChI is InChI=1S/C13H23N5OS/c1-8(7-18(2)3)15-12(19)10-11(14)17-13(20-10)16-9-5-4-6-9/h8-9H,4-7,14H2,1-3H3,(H,15,19)(H,16,17). The molecule has 1 aromatic rings. The Morgan fingerprint density at radius 1 is 1.55 bits per heavy atom. The molecule has 0 aromatic carbocycles. The highest BCUT2D eigenvalue weighted by Crippen LogP contribution is 2.29. The smallest absolute Gasteiger partial charge is 0.265 e. The highest BCUT2D eigenvalue weighted by molar-refractivity contribution is 7.18. The highest BCUT2D eigenvalue weighted by Gasteiger charge is 2.22. The topological polar surface area (TPSA) is 83.3 Å². The Kier molecular flexibility index (Phi) is 4.82. The van der Waals surface area contributed by atoms with E-state index in [0.29, 0.717) is 16.7 Å². The molecule has 1 amide bonds. The van der Waals surface area contributed by atoms with Gasteiger partial charge < -0.3 is 21.3 Å². The van der Waals surface area contributed by atoms with Gasteiger partial charge in [0.2, 0.25) is 0 Å². The molecular weight excluding hydrogens is 274 g/mol. The van der Waals surface area contributed by atoms with Gasteiger partial charge in [-0.3, -0.25) is 4.79 Å². The second kappa shape index (κ2) is 6.41. The third kappa shape index (κ3) is 3.83. The van der Waals surface area contributed by atoms with Crippen LogP contribution < -0.4 is 16.4 Å². The lowest BCUT2D eigenvalue weighted by atomic mass is 9.93. The molecule has 0 radical (unpaired) electrons. The van der Waals surface area contributed by atoms with Gasteiger partial charge in [0, 0.05) is 18.6 Å². The van der Waals surface area contributed by atoms with Crippen LogP contribution in [0.4, 0.5) is 10.9 Å². The number of rotatable bonds is 6. The number of nitrogens with one attached hydrogen (secondary N) is 2. The highest BCUT2D eigenvalue weighted by atomic mass is 32.1. The van der Waals surface area contributed by atoms with Gasteiger partial charge in [0.05, 0.1) is 0 Å².